The maximum Gasteiger partial charge on any atom is 0.331 e. The number of ether oxygens (including phenoxy) is 1. The van der Waals surface area contributed by atoms with Crippen LogP contribution in [0.4, 0.5) is 0 Å². The molecule has 3 nitrogen and oxygen atoms in total. The first-order chi connectivity index (χ1) is 10.5. The zero-order valence-electron chi connectivity index (χ0n) is 14.3. The summed E-state index contributed by atoms with van der Waals surface area (Å²) in [5, 5.41) is 0. The number of benzene rings is 1. The van der Waals surface area contributed by atoms with Gasteiger partial charge in [0.25, 0.3) is 0 Å². The van der Waals surface area contributed by atoms with E-state index in [0.29, 0.717) is 5.92 Å². The molecular weight excluding hydrogens is 310 g/mol. The molecule has 0 N–H and O–H groups in total. The SMILES string of the molecule is CN(C)CC1CCCCC1(C)OC(=O)/C=C/c1ccccc1.Cl. The average molecular weight is 338 g/mol. The Bertz CT molecular complexity index is 515. The molecule has 0 bridgehead atoms. The second-order valence-corrected chi connectivity index (χ2v) is 6.68. The van der Waals surface area contributed by atoms with Crippen molar-refractivity contribution in [1.29, 1.82) is 0 Å². The third-order valence-electron chi connectivity index (χ3n) is 4.47. The topological polar surface area (TPSA) is 29.5 Å². The molecule has 128 valence electrons. The van der Waals surface area contributed by atoms with Crippen LogP contribution < -0.4 is 0 Å². The summed E-state index contributed by atoms with van der Waals surface area (Å²) in [5.41, 5.74) is 0.666. The summed E-state index contributed by atoms with van der Waals surface area (Å²) in [6, 6.07) is 9.83. The molecule has 0 spiro atoms. The van der Waals surface area contributed by atoms with Gasteiger partial charge in [0.1, 0.15) is 5.60 Å². The molecule has 0 amide bonds. The first kappa shape index (κ1) is 19.7. The monoisotopic (exact) mass is 337 g/mol. The molecule has 1 aromatic rings. The molecule has 1 fully saturated rings. The molecule has 0 radical (unpaired) electrons. The lowest BCUT2D eigenvalue weighted by Crippen LogP contribution is -2.46. The van der Waals surface area contributed by atoms with Crippen LogP contribution in [0, 0.1) is 5.92 Å². The Hall–Kier alpha value is -1.32. The van der Waals surface area contributed by atoms with Gasteiger partial charge in [-0.1, -0.05) is 36.8 Å². The van der Waals surface area contributed by atoms with E-state index in [2.05, 4.69) is 25.9 Å². The first-order valence-electron chi connectivity index (χ1n) is 8.10. The summed E-state index contributed by atoms with van der Waals surface area (Å²) < 4.78 is 5.86. The van der Waals surface area contributed by atoms with Crippen molar-refractivity contribution in [2.75, 3.05) is 20.6 Å². The Balaban J connectivity index is 0.00000264. The van der Waals surface area contributed by atoms with Gasteiger partial charge in [-0.2, -0.15) is 0 Å². The Morgan fingerprint density at radius 3 is 2.65 bits per heavy atom. The Morgan fingerprint density at radius 1 is 1.30 bits per heavy atom. The van der Waals surface area contributed by atoms with Crippen molar-refractivity contribution in [1.82, 2.24) is 4.90 Å². The number of rotatable bonds is 5. The smallest absolute Gasteiger partial charge is 0.331 e. The van der Waals surface area contributed by atoms with Crippen LogP contribution in [0.3, 0.4) is 0 Å². The quantitative estimate of drug-likeness (QED) is 0.596. The van der Waals surface area contributed by atoms with Crippen molar-refractivity contribution in [3.63, 3.8) is 0 Å². The van der Waals surface area contributed by atoms with Gasteiger partial charge in [-0.05, 0) is 51.9 Å². The first-order valence-corrected chi connectivity index (χ1v) is 8.10. The van der Waals surface area contributed by atoms with Crippen LogP contribution in [0.15, 0.2) is 36.4 Å². The van der Waals surface area contributed by atoms with E-state index < -0.39 is 0 Å². The van der Waals surface area contributed by atoms with Crippen molar-refractivity contribution in [2.45, 2.75) is 38.2 Å². The van der Waals surface area contributed by atoms with E-state index >= 15 is 0 Å². The van der Waals surface area contributed by atoms with Crippen molar-refractivity contribution in [3.05, 3.63) is 42.0 Å². The molecule has 4 heteroatoms. The Labute approximate surface area is 146 Å². The highest BCUT2D eigenvalue weighted by molar-refractivity contribution is 5.87. The predicted molar refractivity (Wildman–Crippen MR) is 97.7 cm³/mol. The fourth-order valence-electron chi connectivity index (χ4n) is 3.23. The minimum atomic E-state index is -0.347. The fraction of sp³-hybridized carbons (Fsp3) is 0.526. The van der Waals surface area contributed by atoms with Gasteiger partial charge in [-0.3, -0.25) is 0 Å². The van der Waals surface area contributed by atoms with Crippen molar-refractivity contribution >= 4 is 24.5 Å². The van der Waals surface area contributed by atoms with Gasteiger partial charge >= 0.3 is 5.97 Å². The summed E-state index contributed by atoms with van der Waals surface area (Å²) in [6.45, 7) is 3.06. The number of hydrogen-bond acceptors (Lipinski definition) is 3. The van der Waals surface area contributed by atoms with Crippen LogP contribution in [0.25, 0.3) is 6.08 Å². The van der Waals surface area contributed by atoms with Gasteiger partial charge in [0.2, 0.25) is 0 Å². The summed E-state index contributed by atoms with van der Waals surface area (Å²) in [7, 11) is 4.15. The van der Waals surface area contributed by atoms with E-state index in [0.717, 1.165) is 31.4 Å². The fourth-order valence-corrected chi connectivity index (χ4v) is 3.23. The summed E-state index contributed by atoms with van der Waals surface area (Å²) in [5.74, 6) is 0.169. The third kappa shape index (κ3) is 6.00. The lowest BCUT2D eigenvalue weighted by molar-refractivity contribution is -0.162. The van der Waals surface area contributed by atoms with E-state index in [9.17, 15) is 4.79 Å². The highest BCUT2D eigenvalue weighted by Gasteiger charge is 2.39. The van der Waals surface area contributed by atoms with Crippen molar-refractivity contribution < 1.29 is 9.53 Å². The maximum atomic E-state index is 12.2. The van der Waals surface area contributed by atoms with Crippen molar-refractivity contribution in [3.8, 4) is 0 Å². The molecule has 0 aromatic heterocycles. The number of halogens is 1. The summed E-state index contributed by atoms with van der Waals surface area (Å²) in [6.07, 6.45) is 7.81. The predicted octanol–water partition coefficient (Wildman–Crippen LogP) is 4.18. The number of carbonyl (C=O) groups is 1. The molecule has 23 heavy (non-hydrogen) atoms. The van der Waals surface area contributed by atoms with Gasteiger partial charge in [0.15, 0.2) is 0 Å². The number of esters is 1. The van der Waals surface area contributed by atoms with Gasteiger partial charge in [0, 0.05) is 18.5 Å². The zero-order chi connectivity index (χ0) is 16.0. The standard InChI is InChI=1S/C19H27NO2.ClH/c1-19(14-8-7-11-17(19)15-20(2)3)22-18(21)13-12-16-9-5-4-6-10-16;/h4-6,9-10,12-13,17H,7-8,11,14-15H2,1-3H3;1H/b13-12+;. The molecule has 0 saturated heterocycles. The summed E-state index contributed by atoms with van der Waals surface area (Å²) >= 11 is 0. The largest absolute Gasteiger partial charge is 0.456 e. The minimum absolute atomic E-state index is 0. The molecule has 1 aliphatic carbocycles. The van der Waals surface area contributed by atoms with Gasteiger partial charge < -0.3 is 9.64 Å². The number of carbonyl (C=O) groups excluding carboxylic acids is 1. The Kier molecular flexibility index (Phi) is 7.80. The van der Waals surface area contributed by atoms with Gasteiger partial charge in [0.05, 0.1) is 0 Å². The van der Waals surface area contributed by atoms with E-state index in [1.165, 1.54) is 6.42 Å². The molecule has 1 aliphatic rings. The van der Waals surface area contributed by atoms with Crippen LogP contribution in [0.2, 0.25) is 0 Å². The highest BCUT2D eigenvalue weighted by Crippen LogP contribution is 2.37. The molecule has 2 unspecified atom stereocenters. The molecule has 1 aromatic carbocycles. The minimum Gasteiger partial charge on any atom is -0.456 e. The van der Waals surface area contributed by atoms with E-state index in [4.69, 9.17) is 4.74 Å². The third-order valence-corrected chi connectivity index (χ3v) is 4.47. The second kappa shape index (κ2) is 9.09. The van der Waals surface area contributed by atoms with Crippen LogP contribution in [0.5, 0.6) is 0 Å². The summed E-state index contributed by atoms with van der Waals surface area (Å²) in [4.78, 5) is 14.4. The highest BCUT2D eigenvalue weighted by atomic mass is 35.5. The van der Waals surface area contributed by atoms with Crippen molar-refractivity contribution in [2.24, 2.45) is 5.92 Å². The molecule has 2 rings (SSSR count). The Morgan fingerprint density at radius 2 is 2.00 bits per heavy atom. The zero-order valence-corrected chi connectivity index (χ0v) is 15.1. The maximum absolute atomic E-state index is 12.2. The molecule has 1 saturated carbocycles. The molecule has 2 atom stereocenters. The van der Waals surface area contributed by atoms with Crippen LogP contribution in [-0.4, -0.2) is 37.1 Å². The van der Waals surface area contributed by atoms with E-state index in [-0.39, 0.29) is 24.0 Å². The average Bonchev–Trinajstić information content (AvgIpc) is 2.48. The van der Waals surface area contributed by atoms with Crippen LogP contribution in [-0.2, 0) is 9.53 Å². The van der Waals surface area contributed by atoms with Crippen LogP contribution >= 0.6 is 12.4 Å². The number of hydrogen-bond donors (Lipinski definition) is 0. The molecule has 0 heterocycles. The second-order valence-electron chi connectivity index (χ2n) is 6.68. The normalized spacial score (nSPS) is 24.4. The molecule has 0 aliphatic heterocycles. The van der Waals surface area contributed by atoms with E-state index in [1.54, 1.807) is 6.08 Å². The van der Waals surface area contributed by atoms with E-state index in [1.807, 2.05) is 36.4 Å². The number of nitrogens with zero attached hydrogens (tertiary/aromatic N) is 1. The van der Waals surface area contributed by atoms with Crippen LogP contribution in [0.1, 0.15) is 38.2 Å². The lowest BCUT2D eigenvalue weighted by Gasteiger charge is -2.41. The lowest BCUT2D eigenvalue weighted by atomic mass is 9.76. The molecular formula is C19H28ClNO2. The van der Waals surface area contributed by atoms with Gasteiger partial charge in [-0.25, -0.2) is 4.79 Å². The van der Waals surface area contributed by atoms with Gasteiger partial charge in [-0.15, -0.1) is 12.4 Å².